The number of hydrogen-bond acceptors (Lipinski definition) is 10. The van der Waals surface area contributed by atoms with Crippen molar-refractivity contribution >= 4 is 28.4 Å². The van der Waals surface area contributed by atoms with E-state index in [0.717, 1.165) is 85.1 Å². The second kappa shape index (κ2) is 13.1. The van der Waals surface area contributed by atoms with Crippen LogP contribution in [0.4, 0.5) is 20.7 Å². The quantitative estimate of drug-likeness (QED) is 0.337. The lowest BCUT2D eigenvalue weighted by atomic mass is 9.94. The number of halogens is 1. The van der Waals surface area contributed by atoms with E-state index in [1.807, 2.05) is 13.8 Å². The molecule has 1 amide bonds. The van der Waals surface area contributed by atoms with Gasteiger partial charge in [0.05, 0.1) is 23.4 Å². The van der Waals surface area contributed by atoms with Crippen LogP contribution in [0.2, 0.25) is 0 Å². The molecule has 11 nitrogen and oxygen atoms in total. The van der Waals surface area contributed by atoms with Crippen LogP contribution in [-0.4, -0.2) is 107 Å². The van der Waals surface area contributed by atoms with Crippen LogP contribution >= 0.6 is 0 Å². The number of nitrogens with zero attached hydrogens (tertiary/aromatic N) is 6. The Morgan fingerprint density at radius 2 is 1.92 bits per heavy atom. The molecule has 2 aromatic carbocycles. The number of aryl methyl sites for hydroxylation is 1. The van der Waals surface area contributed by atoms with E-state index in [4.69, 9.17) is 19.4 Å². The summed E-state index contributed by atoms with van der Waals surface area (Å²) in [6.07, 6.45) is 6.36. The molecule has 2 N–H and O–H groups in total. The van der Waals surface area contributed by atoms with Gasteiger partial charge in [0.25, 0.3) is 0 Å². The Balaban J connectivity index is 1.19. The Morgan fingerprint density at radius 3 is 2.69 bits per heavy atom. The molecular formula is C37H49FN6O5. The highest BCUT2D eigenvalue weighted by molar-refractivity contribution is 5.98. The summed E-state index contributed by atoms with van der Waals surface area (Å²) in [7, 11) is 3.38. The van der Waals surface area contributed by atoms with E-state index in [9.17, 15) is 15.0 Å². The van der Waals surface area contributed by atoms with Crippen molar-refractivity contribution in [2.45, 2.75) is 88.9 Å². The van der Waals surface area contributed by atoms with E-state index >= 15 is 4.39 Å². The van der Waals surface area contributed by atoms with Crippen LogP contribution in [0.15, 0.2) is 24.3 Å². The lowest BCUT2D eigenvalue weighted by Gasteiger charge is -2.40. The van der Waals surface area contributed by atoms with Gasteiger partial charge in [-0.05, 0) is 87.9 Å². The molecular weight excluding hydrogens is 627 g/mol. The first kappa shape index (κ1) is 33.6. The van der Waals surface area contributed by atoms with Gasteiger partial charge >= 0.3 is 12.1 Å². The van der Waals surface area contributed by atoms with Crippen molar-refractivity contribution in [1.29, 1.82) is 0 Å². The molecule has 0 bridgehead atoms. The molecule has 49 heavy (non-hydrogen) atoms. The Morgan fingerprint density at radius 1 is 1.10 bits per heavy atom. The van der Waals surface area contributed by atoms with Crippen LogP contribution in [-0.2, 0) is 24.1 Å². The van der Waals surface area contributed by atoms with Gasteiger partial charge in [-0.2, -0.15) is 9.97 Å². The molecule has 0 unspecified atom stereocenters. The van der Waals surface area contributed by atoms with Crippen LogP contribution in [0.5, 0.6) is 11.8 Å². The molecule has 3 saturated heterocycles. The summed E-state index contributed by atoms with van der Waals surface area (Å²) in [6, 6.07) is 7.08. The first-order chi connectivity index (χ1) is 23.5. The average Bonchev–Trinajstić information content (AvgIpc) is 3.64. The van der Waals surface area contributed by atoms with Gasteiger partial charge in [-0.25, -0.2) is 9.18 Å². The zero-order valence-corrected chi connectivity index (χ0v) is 29.2. The first-order valence-electron chi connectivity index (χ1n) is 17.8. The number of ether oxygens (including phenoxy) is 2. The monoisotopic (exact) mass is 676 g/mol. The number of benzene rings is 2. The summed E-state index contributed by atoms with van der Waals surface area (Å²) in [6.45, 7) is 7.89. The molecule has 264 valence electrons. The number of carbonyl (C=O) groups is 1. The van der Waals surface area contributed by atoms with Gasteiger partial charge in [0.15, 0.2) is 0 Å². The second-order valence-electron chi connectivity index (χ2n) is 14.9. The van der Waals surface area contributed by atoms with E-state index in [-0.39, 0.29) is 29.2 Å². The Labute approximate surface area is 287 Å². The van der Waals surface area contributed by atoms with Crippen molar-refractivity contribution in [1.82, 2.24) is 19.8 Å². The molecule has 0 aliphatic carbocycles. The number of β-amino-alcohol motifs (C(OH)–C–C–N with tert-alkyl or cyclic N) is 1. The highest BCUT2D eigenvalue weighted by atomic mass is 19.1. The van der Waals surface area contributed by atoms with Crippen LogP contribution in [0.3, 0.4) is 0 Å². The maximum atomic E-state index is 15.0. The van der Waals surface area contributed by atoms with Crippen LogP contribution in [0.25, 0.3) is 10.8 Å². The topological polar surface area (TPSA) is 115 Å². The summed E-state index contributed by atoms with van der Waals surface area (Å²) >= 11 is 0. The highest BCUT2D eigenvalue weighted by Crippen LogP contribution is 2.44. The number of phenolic OH excluding ortho intramolecular Hbond substituents is 1. The van der Waals surface area contributed by atoms with Crippen molar-refractivity contribution in [2.75, 3.05) is 63.3 Å². The van der Waals surface area contributed by atoms with Crippen molar-refractivity contribution in [2.24, 2.45) is 0 Å². The number of amides is 1. The normalized spacial score (nSPS) is 25.4. The van der Waals surface area contributed by atoms with E-state index in [1.54, 1.807) is 32.3 Å². The molecule has 5 heterocycles. The fourth-order valence-electron chi connectivity index (χ4n) is 8.68. The fourth-order valence-corrected chi connectivity index (χ4v) is 8.68. The molecule has 0 saturated carbocycles. The molecule has 4 aliphatic rings. The summed E-state index contributed by atoms with van der Waals surface area (Å²) in [4.78, 5) is 30.4. The summed E-state index contributed by atoms with van der Waals surface area (Å²) < 4.78 is 27.2. The minimum atomic E-state index is -0.822. The van der Waals surface area contributed by atoms with Gasteiger partial charge in [0, 0.05) is 62.5 Å². The third-order valence-electron chi connectivity index (χ3n) is 11.1. The number of piperidine rings is 1. The van der Waals surface area contributed by atoms with E-state index in [1.165, 1.54) is 11.0 Å². The first-order valence-corrected chi connectivity index (χ1v) is 17.8. The standard InChI is InChI=1S/C37H49FN6O5/c1-5-27-29(38)9-8-24-18-26(45)19-31(32(24)27)42-17-11-28-30(20-42)39-34(40-33(28)43-15-6-12-36(2,47)22-43)49-23-37-13-7-16-44(37)25(10-14-37)21-48-35(46)41(3)4/h8-9,18-19,25,45,47H,5-7,10-17,20-23H2,1-4H3/t25-,36+,37+/m0/s1. The van der Waals surface area contributed by atoms with E-state index in [0.29, 0.717) is 57.3 Å². The second-order valence-corrected chi connectivity index (χ2v) is 14.9. The summed E-state index contributed by atoms with van der Waals surface area (Å²) in [5, 5.41) is 23.3. The van der Waals surface area contributed by atoms with Crippen molar-refractivity contribution in [3.63, 3.8) is 0 Å². The lowest BCUT2D eigenvalue weighted by Crippen LogP contribution is -2.48. The molecule has 3 fully saturated rings. The Hall–Kier alpha value is -3.90. The number of carbonyl (C=O) groups excluding carboxylic acids is 1. The largest absolute Gasteiger partial charge is 0.508 e. The van der Waals surface area contributed by atoms with Crippen molar-refractivity contribution in [3.8, 4) is 11.8 Å². The van der Waals surface area contributed by atoms with E-state index in [2.05, 4.69) is 14.7 Å². The molecule has 3 aromatic rings. The predicted molar refractivity (Wildman–Crippen MR) is 186 cm³/mol. The molecule has 3 atom stereocenters. The molecule has 0 spiro atoms. The fraction of sp³-hybridized carbons (Fsp3) is 0.595. The number of rotatable bonds is 8. The Kier molecular flexibility index (Phi) is 8.98. The maximum Gasteiger partial charge on any atom is 0.409 e. The average molecular weight is 677 g/mol. The highest BCUT2D eigenvalue weighted by Gasteiger charge is 2.50. The Bertz CT molecular complexity index is 1740. The van der Waals surface area contributed by atoms with Gasteiger partial charge in [0.2, 0.25) is 0 Å². The van der Waals surface area contributed by atoms with Crippen molar-refractivity contribution in [3.05, 3.63) is 46.9 Å². The third kappa shape index (κ3) is 6.45. The number of aromatic hydroxyl groups is 1. The van der Waals surface area contributed by atoms with Crippen LogP contribution in [0.1, 0.15) is 69.2 Å². The number of anilines is 2. The summed E-state index contributed by atoms with van der Waals surface area (Å²) in [5.74, 6) is 0.695. The molecule has 12 heteroatoms. The van der Waals surface area contributed by atoms with Crippen LogP contribution < -0.4 is 14.5 Å². The summed E-state index contributed by atoms with van der Waals surface area (Å²) in [5.41, 5.74) is 2.30. The minimum Gasteiger partial charge on any atom is -0.508 e. The number of aromatic nitrogens is 2. The van der Waals surface area contributed by atoms with E-state index < -0.39 is 5.60 Å². The molecule has 0 radical (unpaired) electrons. The number of phenols is 1. The van der Waals surface area contributed by atoms with Gasteiger partial charge in [0.1, 0.15) is 30.6 Å². The third-order valence-corrected chi connectivity index (χ3v) is 11.1. The molecule has 7 rings (SSSR count). The smallest absolute Gasteiger partial charge is 0.409 e. The lowest BCUT2D eigenvalue weighted by molar-refractivity contribution is 0.0440. The number of aliphatic hydroxyl groups is 1. The van der Waals surface area contributed by atoms with Crippen molar-refractivity contribution < 1.29 is 28.9 Å². The molecule has 1 aromatic heterocycles. The number of fused-ring (bicyclic) bond motifs is 3. The van der Waals surface area contributed by atoms with Gasteiger partial charge in [-0.15, -0.1) is 0 Å². The van der Waals surface area contributed by atoms with Gasteiger partial charge in [-0.3, -0.25) is 4.90 Å². The van der Waals surface area contributed by atoms with Gasteiger partial charge in [-0.1, -0.05) is 13.0 Å². The SMILES string of the molecule is CCc1c(F)ccc2cc(O)cc(N3CCc4c(nc(OC[C@]56CCCN5[C@H](COC(=O)N(C)C)CC6)nc4N4CCC[C@@](C)(O)C4)C3)c12. The maximum absolute atomic E-state index is 15.0. The van der Waals surface area contributed by atoms with Crippen LogP contribution in [0, 0.1) is 5.82 Å². The molecule has 4 aliphatic heterocycles. The van der Waals surface area contributed by atoms with Gasteiger partial charge < -0.3 is 34.4 Å². The number of hydrogen-bond donors (Lipinski definition) is 2. The minimum absolute atomic E-state index is 0.136. The predicted octanol–water partition coefficient (Wildman–Crippen LogP) is 5.02. The zero-order valence-electron chi connectivity index (χ0n) is 29.2. The zero-order chi connectivity index (χ0) is 34.5.